The molecule has 2 unspecified atom stereocenters. The number of hydrogen-bond acceptors (Lipinski definition) is 5. The zero-order valence-corrected chi connectivity index (χ0v) is 15.5. The third-order valence-electron chi connectivity index (χ3n) is 4.62. The van der Waals surface area contributed by atoms with E-state index in [4.69, 9.17) is 0 Å². The van der Waals surface area contributed by atoms with Gasteiger partial charge in [-0.15, -0.1) is 0 Å². The van der Waals surface area contributed by atoms with E-state index in [0.717, 1.165) is 16.8 Å². The predicted octanol–water partition coefficient (Wildman–Crippen LogP) is 1.33. The molecule has 27 heavy (non-hydrogen) atoms. The molecule has 0 saturated carbocycles. The van der Waals surface area contributed by atoms with Crippen molar-refractivity contribution in [1.29, 1.82) is 0 Å². The highest BCUT2D eigenvalue weighted by atomic mass is 16.2. The van der Waals surface area contributed by atoms with Crippen molar-refractivity contribution < 1.29 is 9.59 Å². The van der Waals surface area contributed by atoms with Crippen LogP contribution in [-0.4, -0.2) is 24.9 Å². The number of rotatable bonds is 5. The lowest BCUT2D eigenvalue weighted by molar-refractivity contribution is -0.130. The third-order valence-corrected chi connectivity index (χ3v) is 4.62. The van der Waals surface area contributed by atoms with E-state index < -0.39 is 0 Å². The van der Waals surface area contributed by atoms with Gasteiger partial charge in [0, 0.05) is 12.2 Å². The largest absolute Gasteiger partial charge is 0.376 e. The molecule has 142 valence electrons. The Morgan fingerprint density at radius 3 is 2.59 bits per heavy atom. The molecule has 1 aliphatic rings. The molecule has 1 heterocycles. The van der Waals surface area contributed by atoms with E-state index in [0.29, 0.717) is 6.54 Å². The number of carbonyl (C=O) groups is 2. The van der Waals surface area contributed by atoms with Crippen LogP contribution in [0.2, 0.25) is 0 Å². The molecule has 0 bridgehead atoms. The predicted molar refractivity (Wildman–Crippen MR) is 105 cm³/mol. The van der Waals surface area contributed by atoms with Gasteiger partial charge in [-0.3, -0.25) is 25.9 Å². The van der Waals surface area contributed by atoms with Crippen molar-refractivity contribution in [2.75, 3.05) is 18.4 Å². The minimum Gasteiger partial charge on any atom is -0.376 e. The number of hydrazine groups is 2. The Kier molecular flexibility index (Phi) is 6.05. The lowest BCUT2D eigenvalue weighted by Crippen LogP contribution is -2.47. The van der Waals surface area contributed by atoms with Crippen LogP contribution in [0.1, 0.15) is 22.7 Å². The van der Waals surface area contributed by atoms with E-state index in [2.05, 4.69) is 27.0 Å². The van der Waals surface area contributed by atoms with Gasteiger partial charge in [-0.25, -0.2) is 5.43 Å². The summed E-state index contributed by atoms with van der Waals surface area (Å²) in [4.78, 5) is 24.5. The fourth-order valence-electron chi connectivity index (χ4n) is 3.17. The maximum atomic E-state index is 12.5. The Labute approximate surface area is 158 Å². The Bertz CT molecular complexity index is 809. The number of hydrogen-bond donors (Lipinski definition) is 5. The van der Waals surface area contributed by atoms with Gasteiger partial charge in [0.05, 0.1) is 18.5 Å². The van der Waals surface area contributed by atoms with E-state index in [1.807, 2.05) is 62.4 Å². The van der Waals surface area contributed by atoms with Crippen LogP contribution in [0, 0.1) is 19.8 Å². The summed E-state index contributed by atoms with van der Waals surface area (Å²) in [5.41, 5.74) is 15.3. The van der Waals surface area contributed by atoms with Crippen LogP contribution in [0.3, 0.4) is 0 Å². The molecule has 0 spiro atoms. The Morgan fingerprint density at radius 1 is 1.07 bits per heavy atom. The second kappa shape index (κ2) is 8.66. The third kappa shape index (κ3) is 4.84. The molecule has 2 aromatic rings. The molecule has 1 saturated heterocycles. The summed E-state index contributed by atoms with van der Waals surface area (Å²) in [5, 5.41) is 3.08. The number of benzene rings is 2. The standard InChI is InChI=1S/C20H25N5O2/c1-13-8-9-17(14(2)10-13)21-12-18(26)23-25-20(27)16-11-22-24-19(16)15-6-4-3-5-7-15/h3-10,16,19,21-22,24H,11-12H2,1-2H3,(H,23,26)(H,25,27). The second-order valence-corrected chi connectivity index (χ2v) is 6.73. The SMILES string of the molecule is Cc1ccc(NCC(=O)NNC(=O)C2CNNC2c2ccccc2)c(C)c1. The van der Waals surface area contributed by atoms with E-state index in [-0.39, 0.29) is 30.3 Å². The molecular weight excluding hydrogens is 342 g/mol. The molecule has 2 atom stereocenters. The van der Waals surface area contributed by atoms with Crippen molar-refractivity contribution in [3.05, 3.63) is 65.2 Å². The molecule has 0 aromatic heterocycles. The summed E-state index contributed by atoms with van der Waals surface area (Å²) in [5.74, 6) is -0.861. The first kappa shape index (κ1) is 18.9. The fraction of sp³-hybridized carbons (Fsp3) is 0.300. The fourth-order valence-corrected chi connectivity index (χ4v) is 3.17. The van der Waals surface area contributed by atoms with Crippen LogP contribution in [0.25, 0.3) is 0 Å². The molecule has 2 amide bonds. The highest BCUT2D eigenvalue weighted by Crippen LogP contribution is 2.24. The molecule has 5 N–H and O–H groups in total. The Balaban J connectivity index is 1.49. The maximum absolute atomic E-state index is 12.5. The molecule has 2 aromatic carbocycles. The first-order chi connectivity index (χ1) is 13.0. The van der Waals surface area contributed by atoms with Gasteiger partial charge in [0.15, 0.2) is 0 Å². The van der Waals surface area contributed by atoms with Gasteiger partial charge in [0.2, 0.25) is 5.91 Å². The van der Waals surface area contributed by atoms with Gasteiger partial charge in [0.25, 0.3) is 5.91 Å². The average Bonchev–Trinajstić information content (AvgIpc) is 3.16. The Hall–Kier alpha value is -2.90. The first-order valence-corrected chi connectivity index (χ1v) is 8.98. The van der Waals surface area contributed by atoms with Gasteiger partial charge >= 0.3 is 0 Å². The summed E-state index contributed by atoms with van der Waals surface area (Å²) in [6.07, 6.45) is 0. The van der Waals surface area contributed by atoms with Crippen molar-refractivity contribution >= 4 is 17.5 Å². The smallest absolute Gasteiger partial charge is 0.257 e. The van der Waals surface area contributed by atoms with Crippen molar-refractivity contribution in [3.63, 3.8) is 0 Å². The minimum atomic E-state index is -0.319. The quantitative estimate of drug-likeness (QED) is 0.514. The van der Waals surface area contributed by atoms with Crippen molar-refractivity contribution in [2.45, 2.75) is 19.9 Å². The molecular formula is C20H25N5O2. The summed E-state index contributed by atoms with van der Waals surface area (Å²) in [6, 6.07) is 15.6. The zero-order chi connectivity index (χ0) is 19.2. The van der Waals surface area contributed by atoms with E-state index >= 15 is 0 Å². The summed E-state index contributed by atoms with van der Waals surface area (Å²) in [7, 11) is 0. The average molecular weight is 367 g/mol. The number of carbonyl (C=O) groups excluding carboxylic acids is 2. The van der Waals surface area contributed by atoms with E-state index in [1.165, 1.54) is 5.56 Å². The first-order valence-electron chi connectivity index (χ1n) is 8.98. The number of amides is 2. The number of aryl methyl sites for hydroxylation is 2. The topological polar surface area (TPSA) is 94.3 Å². The van der Waals surface area contributed by atoms with E-state index in [9.17, 15) is 9.59 Å². The zero-order valence-electron chi connectivity index (χ0n) is 15.5. The number of nitrogens with one attached hydrogen (secondary N) is 5. The van der Waals surface area contributed by atoms with Crippen LogP contribution >= 0.6 is 0 Å². The summed E-state index contributed by atoms with van der Waals surface area (Å²) >= 11 is 0. The van der Waals surface area contributed by atoms with Crippen molar-refractivity contribution in [3.8, 4) is 0 Å². The minimum absolute atomic E-state index is 0.0768. The van der Waals surface area contributed by atoms with Crippen molar-refractivity contribution in [2.24, 2.45) is 5.92 Å². The monoisotopic (exact) mass is 367 g/mol. The van der Waals surface area contributed by atoms with Crippen LogP contribution in [0.4, 0.5) is 5.69 Å². The molecule has 0 aliphatic carbocycles. The second-order valence-electron chi connectivity index (χ2n) is 6.73. The Morgan fingerprint density at radius 2 is 1.85 bits per heavy atom. The highest BCUT2D eigenvalue weighted by molar-refractivity contribution is 5.86. The van der Waals surface area contributed by atoms with Gasteiger partial charge in [-0.1, -0.05) is 48.0 Å². The van der Waals surface area contributed by atoms with E-state index in [1.54, 1.807) is 0 Å². The van der Waals surface area contributed by atoms with Crippen LogP contribution < -0.4 is 27.0 Å². The molecule has 0 radical (unpaired) electrons. The maximum Gasteiger partial charge on any atom is 0.257 e. The lowest BCUT2D eigenvalue weighted by Gasteiger charge is -2.18. The normalized spacial score (nSPS) is 18.7. The molecule has 7 heteroatoms. The molecule has 3 rings (SSSR count). The highest BCUT2D eigenvalue weighted by Gasteiger charge is 2.33. The van der Waals surface area contributed by atoms with Crippen molar-refractivity contribution in [1.82, 2.24) is 21.7 Å². The van der Waals surface area contributed by atoms with Gasteiger partial charge < -0.3 is 5.32 Å². The number of anilines is 1. The van der Waals surface area contributed by atoms with Gasteiger partial charge in [-0.05, 0) is 31.0 Å². The molecule has 1 aliphatic heterocycles. The molecule has 7 nitrogen and oxygen atoms in total. The summed E-state index contributed by atoms with van der Waals surface area (Å²) < 4.78 is 0. The van der Waals surface area contributed by atoms with Gasteiger partial charge in [-0.2, -0.15) is 0 Å². The lowest BCUT2D eigenvalue weighted by atomic mass is 9.94. The van der Waals surface area contributed by atoms with Gasteiger partial charge in [0.1, 0.15) is 0 Å². The van der Waals surface area contributed by atoms with Crippen LogP contribution in [0.15, 0.2) is 48.5 Å². The molecule has 1 fully saturated rings. The van der Waals surface area contributed by atoms with Crippen LogP contribution in [-0.2, 0) is 9.59 Å². The van der Waals surface area contributed by atoms with Crippen LogP contribution in [0.5, 0.6) is 0 Å². The summed E-state index contributed by atoms with van der Waals surface area (Å²) in [6.45, 7) is 4.57.